The van der Waals surface area contributed by atoms with Gasteiger partial charge in [0, 0.05) is 12.6 Å². The molecular weight excluding hydrogens is 344 g/mol. The number of amides is 1. The van der Waals surface area contributed by atoms with E-state index in [2.05, 4.69) is 14.9 Å². The summed E-state index contributed by atoms with van der Waals surface area (Å²) in [5.41, 5.74) is 2.41. The normalized spacial score (nSPS) is 10.4. The minimum absolute atomic E-state index is 0.158. The monoisotopic (exact) mass is 364 g/mol. The smallest absolute Gasteiger partial charge is 0.258 e. The third-order valence-corrected chi connectivity index (χ3v) is 4.14. The lowest BCUT2D eigenvalue weighted by atomic mass is 10.2. The van der Waals surface area contributed by atoms with Crippen LogP contribution in [0.25, 0.3) is 11.0 Å². The first-order valence-corrected chi connectivity index (χ1v) is 8.58. The number of imidazole rings is 1. The number of nitrogens with zero attached hydrogens (tertiary/aromatic N) is 3. The van der Waals surface area contributed by atoms with Crippen LogP contribution in [0.5, 0.6) is 11.5 Å². The molecule has 138 valence electrons. The Balaban J connectivity index is 1.62. The fraction of sp³-hybridized carbons (Fsp3) is 0.250. The van der Waals surface area contributed by atoms with E-state index in [1.807, 2.05) is 37.3 Å². The van der Waals surface area contributed by atoms with Crippen molar-refractivity contribution >= 4 is 16.9 Å². The van der Waals surface area contributed by atoms with E-state index in [9.17, 15) is 4.79 Å². The molecule has 0 atom stereocenters. The van der Waals surface area contributed by atoms with Crippen LogP contribution in [0.2, 0.25) is 0 Å². The van der Waals surface area contributed by atoms with E-state index in [0.717, 1.165) is 23.4 Å². The number of carbonyl (C=O) groups is 1. The average Bonchev–Trinajstić information content (AvgIpc) is 3.07. The van der Waals surface area contributed by atoms with Gasteiger partial charge in [-0.3, -0.25) is 4.79 Å². The molecule has 0 saturated heterocycles. The van der Waals surface area contributed by atoms with Crippen LogP contribution in [0.3, 0.4) is 0 Å². The molecule has 0 saturated carbocycles. The van der Waals surface area contributed by atoms with Gasteiger partial charge in [0.25, 0.3) is 5.91 Å². The summed E-state index contributed by atoms with van der Waals surface area (Å²) in [5.74, 6) is 1.35. The second kappa shape index (κ2) is 8.23. The number of ether oxygens (including phenoxy) is 2. The standard InChI is InChI=1S/C20H20N4O3/c1-3-24-16-7-5-4-6-15(16)23-19(24)12-22-20(25)13-27-17-9-8-14(11-21)10-18(17)26-2/h4-10H,3,12-13H2,1-2H3,(H,22,25). The Morgan fingerprint density at radius 1 is 1.26 bits per heavy atom. The van der Waals surface area contributed by atoms with E-state index >= 15 is 0 Å². The van der Waals surface area contributed by atoms with Crippen molar-refractivity contribution in [3.05, 3.63) is 53.9 Å². The Bertz CT molecular complexity index is 1000. The van der Waals surface area contributed by atoms with E-state index in [1.54, 1.807) is 18.2 Å². The maximum Gasteiger partial charge on any atom is 0.258 e. The molecule has 27 heavy (non-hydrogen) atoms. The fourth-order valence-electron chi connectivity index (χ4n) is 2.84. The number of benzene rings is 2. The molecule has 0 bridgehead atoms. The minimum Gasteiger partial charge on any atom is -0.493 e. The van der Waals surface area contributed by atoms with E-state index in [4.69, 9.17) is 14.7 Å². The van der Waals surface area contributed by atoms with E-state index in [0.29, 0.717) is 23.6 Å². The van der Waals surface area contributed by atoms with Crippen molar-refractivity contribution in [2.24, 2.45) is 0 Å². The first kappa shape index (κ1) is 18.3. The number of nitrogens with one attached hydrogen (secondary N) is 1. The van der Waals surface area contributed by atoms with E-state index in [1.165, 1.54) is 7.11 Å². The summed E-state index contributed by atoms with van der Waals surface area (Å²) in [6.45, 7) is 2.97. The largest absolute Gasteiger partial charge is 0.493 e. The summed E-state index contributed by atoms with van der Waals surface area (Å²) in [5, 5.41) is 11.7. The predicted molar refractivity (Wildman–Crippen MR) is 100 cm³/mol. The van der Waals surface area contributed by atoms with Gasteiger partial charge in [-0.05, 0) is 31.2 Å². The van der Waals surface area contributed by atoms with Crippen LogP contribution in [-0.4, -0.2) is 29.2 Å². The quantitative estimate of drug-likeness (QED) is 0.696. The van der Waals surface area contributed by atoms with Gasteiger partial charge in [0.1, 0.15) is 5.82 Å². The van der Waals surface area contributed by atoms with Gasteiger partial charge >= 0.3 is 0 Å². The van der Waals surface area contributed by atoms with Gasteiger partial charge in [-0.15, -0.1) is 0 Å². The molecule has 0 aliphatic carbocycles. The molecule has 1 N–H and O–H groups in total. The third-order valence-electron chi connectivity index (χ3n) is 4.14. The summed E-state index contributed by atoms with van der Waals surface area (Å²) >= 11 is 0. The first-order chi connectivity index (χ1) is 13.2. The Hall–Kier alpha value is -3.53. The second-order valence-electron chi connectivity index (χ2n) is 5.80. The molecule has 1 aromatic heterocycles. The molecule has 0 fully saturated rings. The van der Waals surface area contributed by atoms with Gasteiger partial charge in [0.2, 0.25) is 0 Å². The van der Waals surface area contributed by atoms with Crippen molar-refractivity contribution in [3.63, 3.8) is 0 Å². The Morgan fingerprint density at radius 3 is 2.81 bits per heavy atom. The third kappa shape index (κ3) is 4.01. The number of aromatic nitrogens is 2. The highest BCUT2D eigenvalue weighted by Gasteiger charge is 2.12. The summed E-state index contributed by atoms with van der Waals surface area (Å²) in [7, 11) is 1.48. The molecule has 0 radical (unpaired) electrons. The number of aryl methyl sites for hydroxylation is 1. The zero-order valence-corrected chi connectivity index (χ0v) is 15.2. The molecule has 0 aliphatic rings. The lowest BCUT2D eigenvalue weighted by molar-refractivity contribution is -0.123. The number of para-hydroxylation sites is 2. The molecular formula is C20H20N4O3. The second-order valence-corrected chi connectivity index (χ2v) is 5.80. The molecule has 0 unspecified atom stereocenters. The van der Waals surface area contributed by atoms with Crippen LogP contribution < -0.4 is 14.8 Å². The zero-order valence-electron chi connectivity index (χ0n) is 15.2. The predicted octanol–water partition coefficient (Wildman–Crippen LogP) is 2.63. The lowest BCUT2D eigenvalue weighted by Gasteiger charge is -2.11. The number of methoxy groups -OCH3 is 1. The minimum atomic E-state index is -0.267. The van der Waals surface area contributed by atoms with Crippen molar-refractivity contribution < 1.29 is 14.3 Å². The topological polar surface area (TPSA) is 89.2 Å². The van der Waals surface area contributed by atoms with Crippen molar-refractivity contribution in [1.29, 1.82) is 5.26 Å². The van der Waals surface area contributed by atoms with Crippen molar-refractivity contribution in [1.82, 2.24) is 14.9 Å². The summed E-state index contributed by atoms with van der Waals surface area (Å²) in [4.78, 5) is 16.7. The van der Waals surface area contributed by atoms with Gasteiger partial charge in [0.15, 0.2) is 18.1 Å². The fourth-order valence-corrected chi connectivity index (χ4v) is 2.84. The Kier molecular flexibility index (Phi) is 5.57. The van der Waals surface area contributed by atoms with Gasteiger partial charge in [-0.25, -0.2) is 4.98 Å². The number of rotatable bonds is 7. The van der Waals surface area contributed by atoms with Crippen molar-refractivity contribution in [2.45, 2.75) is 20.0 Å². The number of hydrogen-bond acceptors (Lipinski definition) is 5. The van der Waals surface area contributed by atoms with E-state index in [-0.39, 0.29) is 12.5 Å². The van der Waals surface area contributed by atoms with Crippen LogP contribution in [0.15, 0.2) is 42.5 Å². The van der Waals surface area contributed by atoms with Crippen LogP contribution in [-0.2, 0) is 17.9 Å². The molecule has 7 heteroatoms. The number of nitriles is 1. The zero-order chi connectivity index (χ0) is 19.2. The first-order valence-electron chi connectivity index (χ1n) is 8.58. The summed E-state index contributed by atoms with van der Waals surface area (Å²) < 4.78 is 12.8. The summed E-state index contributed by atoms with van der Waals surface area (Å²) in [6.07, 6.45) is 0. The van der Waals surface area contributed by atoms with Crippen LogP contribution in [0, 0.1) is 11.3 Å². The maximum atomic E-state index is 12.2. The van der Waals surface area contributed by atoms with Gasteiger partial charge in [-0.2, -0.15) is 5.26 Å². The molecule has 3 aromatic rings. The molecule has 1 heterocycles. The lowest BCUT2D eigenvalue weighted by Crippen LogP contribution is -2.29. The highest BCUT2D eigenvalue weighted by Crippen LogP contribution is 2.27. The Labute approximate surface area is 157 Å². The van der Waals surface area contributed by atoms with Gasteiger partial charge in [-0.1, -0.05) is 12.1 Å². The maximum absolute atomic E-state index is 12.2. The van der Waals surface area contributed by atoms with Gasteiger partial charge < -0.3 is 19.4 Å². The number of fused-ring (bicyclic) bond motifs is 1. The van der Waals surface area contributed by atoms with Crippen molar-refractivity contribution in [2.75, 3.05) is 13.7 Å². The highest BCUT2D eigenvalue weighted by molar-refractivity contribution is 5.78. The van der Waals surface area contributed by atoms with Crippen molar-refractivity contribution in [3.8, 4) is 17.6 Å². The SMILES string of the molecule is CCn1c(CNC(=O)COc2ccc(C#N)cc2OC)nc2ccccc21. The number of hydrogen-bond donors (Lipinski definition) is 1. The molecule has 0 aliphatic heterocycles. The van der Waals surface area contributed by atoms with Crippen LogP contribution >= 0.6 is 0 Å². The average molecular weight is 364 g/mol. The van der Waals surface area contributed by atoms with Crippen LogP contribution in [0.4, 0.5) is 0 Å². The number of carbonyl (C=O) groups excluding carboxylic acids is 1. The van der Waals surface area contributed by atoms with Crippen LogP contribution in [0.1, 0.15) is 18.3 Å². The van der Waals surface area contributed by atoms with E-state index < -0.39 is 0 Å². The Morgan fingerprint density at radius 2 is 2.07 bits per heavy atom. The molecule has 7 nitrogen and oxygen atoms in total. The summed E-state index contributed by atoms with van der Waals surface area (Å²) in [6, 6.07) is 14.7. The van der Waals surface area contributed by atoms with Gasteiger partial charge in [0.05, 0.1) is 36.3 Å². The molecule has 1 amide bonds. The highest BCUT2D eigenvalue weighted by atomic mass is 16.5. The molecule has 3 rings (SSSR count). The molecule has 2 aromatic carbocycles. The molecule has 0 spiro atoms.